The summed E-state index contributed by atoms with van der Waals surface area (Å²) in [5.41, 5.74) is 6.48. The number of rotatable bonds is 11. The van der Waals surface area contributed by atoms with Crippen LogP contribution in [-0.2, 0) is 13.0 Å². The molecule has 1 atom stereocenters. The van der Waals surface area contributed by atoms with E-state index >= 15 is 0 Å². The molecular formula is C31H39NO2S. The van der Waals surface area contributed by atoms with Gasteiger partial charge in [-0.2, -0.15) is 0 Å². The van der Waals surface area contributed by atoms with Crippen molar-refractivity contribution >= 4 is 17.7 Å². The molecule has 0 saturated heterocycles. The van der Waals surface area contributed by atoms with Gasteiger partial charge in [0, 0.05) is 10.5 Å². The maximum Gasteiger partial charge on any atom is 0.252 e. The van der Waals surface area contributed by atoms with Crippen LogP contribution in [-0.4, -0.2) is 12.2 Å². The van der Waals surface area contributed by atoms with Gasteiger partial charge >= 0.3 is 0 Å². The van der Waals surface area contributed by atoms with Gasteiger partial charge in [-0.1, -0.05) is 74.7 Å². The van der Waals surface area contributed by atoms with Gasteiger partial charge in [-0.3, -0.25) is 4.79 Å². The van der Waals surface area contributed by atoms with Gasteiger partial charge in [-0.25, -0.2) is 0 Å². The monoisotopic (exact) mass is 489 g/mol. The first-order chi connectivity index (χ1) is 16.8. The Balaban J connectivity index is 1.83. The molecule has 0 aliphatic heterocycles. The minimum atomic E-state index is -0.0342. The first-order valence-corrected chi connectivity index (χ1v) is 13.8. The van der Waals surface area contributed by atoms with Crippen molar-refractivity contribution in [2.24, 2.45) is 5.92 Å². The van der Waals surface area contributed by atoms with Crippen LogP contribution in [0.15, 0.2) is 65.6 Å². The molecule has 0 spiro atoms. The number of hydrogen-bond donors (Lipinski definition) is 1. The number of amides is 1. The second-order valence-corrected chi connectivity index (χ2v) is 10.7. The van der Waals surface area contributed by atoms with Crippen LogP contribution in [0.25, 0.3) is 0 Å². The van der Waals surface area contributed by atoms with Gasteiger partial charge in [0.2, 0.25) is 0 Å². The summed E-state index contributed by atoms with van der Waals surface area (Å²) in [6, 6.07) is 20.8. The predicted molar refractivity (Wildman–Crippen MR) is 149 cm³/mol. The molecule has 3 aromatic rings. The van der Waals surface area contributed by atoms with E-state index in [4.69, 9.17) is 4.74 Å². The molecular weight excluding hydrogens is 450 g/mol. The Bertz CT molecular complexity index is 1100. The predicted octanol–water partition coefficient (Wildman–Crippen LogP) is 8.07. The standard InChI is InChI=1S/C31H39NO2S/c1-7-8-25-11-12-27(34-20-24-9-13-28(35-6)14-10-24)19-29(25)31(33)32-30(15-21(2)3)26-17-22(4)16-23(5)18-26/h9-14,16-19,21,30H,7-8,15,20H2,1-6H3,(H,32,33). The lowest BCUT2D eigenvalue weighted by Crippen LogP contribution is -2.30. The first-order valence-electron chi connectivity index (χ1n) is 12.6. The smallest absolute Gasteiger partial charge is 0.252 e. The fourth-order valence-electron chi connectivity index (χ4n) is 4.43. The molecule has 0 bridgehead atoms. The molecule has 0 aromatic heterocycles. The summed E-state index contributed by atoms with van der Waals surface area (Å²) in [4.78, 5) is 14.8. The Labute approximate surface area is 215 Å². The number of aryl methyl sites for hydroxylation is 3. The number of nitrogens with one attached hydrogen (secondary N) is 1. The van der Waals surface area contributed by atoms with Crippen LogP contribution in [0.1, 0.15) is 77.8 Å². The summed E-state index contributed by atoms with van der Waals surface area (Å²) in [7, 11) is 0. The molecule has 0 aliphatic rings. The van der Waals surface area contributed by atoms with Crippen LogP contribution in [0.2, 0.25) is 0 Å². The summed E-state index contributed by atoms with van der Waals surface area (Å²) in [5.74, 6) is 1.15. The second kappa shape index (κ2) is 12.8. The minimum absolute atomic E-state index is 0.0323. The molecule has 1 amide bonds. The van der Waals surface area contributed by atoms with E-state index in [-0.39, 0.29) is 11.9 Å². The maximum absolute atomic E-state index is 13.6. The molecule has 0 heterocycles. The Morgan fingerprint density at radius 1 is 0.971 bits per heavy atom. The summed E-state index contributed by atoms with van der Waals surface area (Å²) in [6.07, 6.45) is 4.80. The molecule has 3 aromatic carbocycles. The Hall–Kier alpha value is -2.72. The normalized spacial score (nSPS) is 12.0. The van der Waals surface area contributed by atoms with E-state index < -0.39 is 0 Å². The Kier molecular flexibility index (Phi) is 9.85. The molecule has 4 heteroatoms. The molecule has 3 nitrogen and oxygen atoms in total. The highest BCUT2D eigenvalue weighted by Gasteiger charge is 2.20. The van der Waals surface area contributed by atoms with Crippen molar-refractivity contribution in [3.8, 4) is 5.75 Å². The van der Waals surface area contributed by atoms with Crippen LogP contribution < -0.4 is 10.1 Å². The molecule has 1 unspecified atom stereocenters. The zero-order valence-corrected chi connectivity index (χ0v) is 22.8. The van der Waals surface area contributed by atoms with Crippen molar-refractivity contribution < 1.29 is 9.53 Å². The third-order valence-electron chi connectivity index (χ3n) is 6.07. The largest absolute Gasteiger partial charge is 0.489 e. The number of carbonyl (C=O) groups excluding carboxylic acids is 1. The van der Waals surface area contributed by atoms with E-state index in [1.54, 1.807) is 11.8 Å². The lowest BCUT2D eigenvalue weighted by molar-refractivity contribution is 0.0930. The number of carbonyl (C=O) groups is 1. The zero-order chi connectivity index (χ0) is 25.4. The summed E-state index contributed by atoms with van der Waals surface area (Å²) in [6.45, 7) is 11.2. The molecule has 35 heavy (non-hydrogen) atoms. The SMILES string of the molecule is CCCc1ccc(OCc2ccc(SC)cc2)cc1C(=O)NC(CC(C)C)c1cc(C)cc(C)c1. The number of benzene rings is 3. The first kappa shape index (κ1) is 26.9. The van der Waals surface area contributed by atoms with Crippen LogP contribution in [0.5, 0.6) is 5.75 Å². The van der Waals surface area contributed by atoms with E-state index in [9.17, 15) is 4.79 Å². The maximum atomic E-state index is 13.6. The second-order valence-electron chi connectivity index (χ2n) is 9.78. The van der Waals surface area contributed by atoms with E-state index in [1.165, 1.54) is 21.6 Å². The summed E-state index contributed by atoms with van der Waals surface area (Å²) >= 11 is 1.73. The Morgan fingerprint density at radius 3 is 2.26 bits per heavy atom. The molecule has 0 saturated carbocycles. The minimum Gasteiger partial charge on any atom is -0.489 e. The average Bonchev–Trinajstić information content (AvgIpc) is 2.82. The van der Waals surface area contributed by atoms with Crippen LogP contribution >= 0.6 is 11.8 Å². The van der Waals surface area contributed by atoms with Gasteiger partial charge < -0.3 is 10.1 Å². The molecule has 0 aliphatic carbocycles. The van der Waals surface area contributed by atoms with E-state index in [0.29, 0.717) is 18.1 Å². The highest BCUT2D eigenvalue weighted by molar-refractivity contribution is 7.98. The molecule has 0 fully saturated rings. The van der Waals surface area contributed by atoms with Crippen molar-refractivity contribution in [1.29, 1.82) is 0 Å². The highest BCUT2D eigenvalue weighted by Crippen LogP contribution is 2.26. The van der Waals surface area contributed by atoms with Crippen molar-refractivity contribution in [2.45, 2.75) is 71.4 Å². The van der Waals surface area contributed by atoms with Crippen molar-refractivity contribution in [3.05, 3.63) is 94.0 Å². The molecule has 1 N–H and O–H groups in total. The average molecular weight is 490 g/mol. The fraction of sp³-hybridized carbons (Fsp3) is 0.387. The fourth-order valence-corrected chi connectivity index (χ4v) is 4.84. The van der Waals surface area contributed by atoms with Gasteiger partial charge in [0.05, 0.1) is 6.04 Å². The van der Waals surface area contributed by atoms with E-state index in [0.717, 1.165) is 36.1 Å². The van der Waals surface area contributed by atoms with Crippen molar-refractivity contribution in [1.82, 2.24) is 5.32 Å². The lowest BCUT2D eigenvalue weighted by Gasteiger charge is -2.23. The molecule has 0 radical (unpaired) electrons. The highest BCUT2D eigenvalue weighted by atomic mass is 32.2. The third kappa shape index (κ3) is 7.90. The molecule has 3 rings (SSSR count). The van der Waals surface area contributed by atoms with Crippen molar-refractivity contribution in [3.63, 3.8) is 0 Å². The van der Waals surface area contributed by atoms with Gasteiger partial charge in [-0.15, -0.1) is 11.8 Å². The quantitative estimate of drug-likeness (QED) is 0.277. The number of thioether (sulfide) groups is 1. The lowest BCUT2D eigenvalue weighted by atomic mass is 9.93. The molecule has 186 valence electrons. The van der Waals surface area contributed by atoms with E-state index in [1.807, 2.05) is 18.2 Å². The van der Waals surface area contributed by atoms with Crippen LogP contribution in [0.3, 0.4) is 0 Å². The topological polar surface area (TPSA) is 38.3 Å². The van der Waals surface area contributed by atoms with Crippen molar-refractivity contribution in [2.75, 3.05) is 6.26 Å². The van der Waals surface area contributed by atoms with Gasteiger partial charge in [-0.05, 0) is 79.8 Å². The Morgan fingerprint density at radius 2 is 1.66 bits per heavy atom. The number of hydrogen-bond acceptors (Lipinski definition) is 3. The van der Waals surface area contributed by atoms with Crippen LogP contribution in [0.4, 0.5) is 0 Å². The van der Waals surface area contributed by atoms with Crippen LogP contribution in [0, 0.1) is 19.8 Å². The zero-order valence-electron chi connectivity index (χ0n) is 22.0. The summed E-state index contributed by atoms with van der Waals surface area (Å²) < 4.78 is 6.09. The van der Waals surface area contributed by atoms with Gasteiger partial charge in [0.15, 0.2) is 0 Å². The third-order valence-corrected chi connectivity index (χ3v) is 6.81. The summed E-state index contributed by atoms with van der Waals surface area (Å²) in [5, 5.41) is 3.35. The number of ether oxygens (including phenoxy) is 1. The van der Waals surface area contributed by atoms with Gasteiger partial charge in [0.25, 0.3) is 5.91 Å². The van der Waals surface area contributed by atoms with E-state index in [2.05, 4.69) is 88.7 Å². The van der Waals surface area contributed by atoms with Gasteiger partial charge in [0.1, 0.15) is 12.4 Å².